The summed E-state index contributed by atoms with van der Waals surface area (Å²) >= 11 is 1.90. The molecule has 5 heteroatoms. The van der Waals surface area contributed by atoms with Gasteiger partial charge in [0.25, 0.3) is 5.91 Å². The quantitative estimate of drug-likeness (QED) is 0.847. The van der Waals surface area contributed by atoms with Gasteiger partial charge in [0.15, 0.2) is 0 Å². The second-order valence-electron chi connectivity index (χ2n) is 5.64. The number of hydrogen-bond donors (Lipinski definition) is 2. The van der Waals surface area contributed by atoms with Crippen LogP contribution in [0.15, 0.2) is 12.3 Å². The minimum Gasteiger partial charge on any atom is -0.384 e. The zero-order valence-electron chi connectivity index (χ0n) is 13.1. The topological polar surface area (TPSA) is 54.0 Å². The first-order chi connectivity index (χ1) is 10.1. The van der Waals surface area contributed by atoms with Gasteiger partial charge in [0.2, 0.25) is 0 Å². The number of anilines is 1. The maximum absolute atomic E-state index is 12.5. The predicted octanol–water partition coefficient (Wildman–Crippen LogP) is 3.23. The minimum absolute atomic E-state index is 0.00661. The molecule has 0 saturated heterocycles. The minimum atomic E-state index is -0.00661. The van der Waals surface area contributed by atoms with Gasteiger partial charge in [-0.05, 0) is 44.9 Å². The first-order valence-electron chi connectivity index (χ1n) is 7.68. The largest absolute Gasteiger partial charge is 0.384 e. The second kappa shape index (κ2) is 7.69. The monoisotopic (exact) mass is 307 g/mol. The number of carbonyl (C=O) groups excluding carboxylic acids is 1. The summed E-state index contributed by atoms with van der Waals surface area (Å²) in [7, 11) is 0. The molecule has 0 spiro atoms. The van der Waals surface area contributed by atoms with Crippen molar-refractivity contribution in [1.82, 2.24) is 10.3 Å². The van der Waals surface area contributed by atoms with E-state index in [1.54, 1.807) is 6.20 Å². The van der Waals surface area contributed by atoms with E-state index in [0.29, 0.717) is 16.9 Å². The van der Waals surface area contributed by atoms with Gasteiger partial charge in [-0.3, -0.25) is 9.78 Å². The molecule has 2 atom stereocenters. The molecule has 0 radical (unpaired) electrons. The third-order valence-electron chi connectivity index (χ3n) is 3.90. The Morgan fingerprint density at radius 3 is 2.95 bits per heavy atom. The number of nitrogens with zero attached hydrogens (tertiary/aromatic N) is 1. The smallest absolute Gasteiger partial charge is 0.255 e. The highest BCUT2D eigenvalue weighted by Crippen LogP contribution is 2.28. The average molecular weight is 307 g/mol. The van der Waals surface area contributed by atoms with Crippen molar-refractivity contribution in [3.63, 3.8) is 0 Å². The van der Waals surface area contributed by atoms with Gasteiger partial charge in [0, 0.05) is 29.7 Å². The predicted molar refractivity (Wildman–Crippen MR) is 90.2 cm³/mol. The van der Waals surface area contributed by atoms with Crippen LogP contribution in [0.5, 0.6) is 0 Å². The van der Waals surface area contributed by atoms with Gasteiger partial charge in [0.05, 0.1) is 11.3 Å². The molecule has 2 unspecified atom stereocenters. The molecule has 1 heterocycles. The molecule has 1 aromatic rings. The molecule has 21 heavy (non-hydrogen) atoms. The van der Waals surface area contributed by atoms with E-state index >= 15 is 0 Å². The lowest BCUT2D eigenvalue weighted by molar-refractivity contribution is 0.0938. The molecule has 1 fully saturated rings. The summed E-state index contributed by atoms with van der Waals surface area (Å²) in [4.78, 5) is 16.8. The van der Waals surface area contributed by atoms with Gasteiger partial charge >= 0.3 is 0 Å². The van der Waals surface area contributed by atoms with Gasteiger partial charge in [-0.2, -0.15) is 11.8 Å². The van der Waals surface area contributed by atoms with Crippen LogP contribution < -0.4 is 10.6 Å². The summed E-state index contributed by atoms with van der Waals surface area (Å²) in [6.45, 7) is 4.92. The van der Waals surface area contributed by atoms with Crippen molar-refractivity contribution in [1.29, 1.82) is 0 Å². The summed E-state index contributed by atoms with van der Waals surface area (Å²) in [5.41, 5.74) is 2.47. The number of pyridine rings is 1. The third-order valence-corrected chi connectivity index (χ3v) is 5.00. The molecule has 1 amide bonds. The van der Waals surface area contributed by atoms with Crippen LogP contribution in [0.2, 0.25) is 0 Å². The van der Waals surface area contributed by atoms with Crippen molar-refractivity contribution < 1.29 is 4.79 Å². The Morgan fingerprint density at radius 2 is 2.29 bits per heavy atom. The van der Waals surface area contributed by atoms with Gasteiger partial charge in [-0.25, -0.2) is 0 Å². The Bertz CT molecular complexity index is 492. The average Bonchev–Trinajstić information content (AvgIpc) is 2.92. The molecule has 2 N–H and O–H groups in total. The number of carbonyl (C=O) groups is 1. The van der Waals surface area contributed by atoms with Crippen LogP contribution in [0.1, 0.15) is 48.7 Å². The van der Waals surface area contributed by atoms with Crippen LogP contribution in [0.3, 0.4) is 0 Å². The summed E-state index contributed by atoms with van der Waals surface area (Å²) in [6, 6.07) is 2.25. The highest BCUT2D eigenvalue weighted by atomic mass is 32.2. The molecule has 1 aliphatic rings. The fourth-order valence-corrected chi connectivity index (χ4v) is 3.49. The number of aromatic nitrogens is 1. The Morgan fingerprint density at radius 1 is 1.48 bits per heavy atom. The van der Waals surface area contributed by atoms with Gasteiger partial charge in [-0.1, -0.05) is 6.92 Å². The Kier molecular flexibility index (Phi) is 5.91. The summed E-state index contributed by atoms with van der Waals surface area (Å²) < 4.78 is 0. The number of thioether (sulfide) groups is 1. The van der Waals surface area contributed by atoms with Gasteiger partial charge in [-0.15, -0.1) is 0 Å². The van der Waals surface area contributed by atoms with E-state index in [4.69, 9.17) is 0 Å². The van der Waals surface area contributed by atoms with Gasteiger partial charge in [0.1, 0.15) is 0 Å². The van der Waals surface area contributed by atoms with Crippen LogP contribution >= 0.6 is 11.8 Å². The number of nitrogens with one attached hydrogen (secondary N) is 2. The summed E-state index contributed by atoms with van der Waals surface area (Å²) in [5.74, 6) is -0.00661. The fourth-order valence-electron chi connectivity index (χ4n) is 2.70. The Hall–Kier alpha value is -1.23. The summed E-state index contributed by atoms with van der Waals surface area (Å²) in [5, 5.41) is 7.17. The first-order valence-corrected chi connectivity index (χ1v) is 8.97. The molecule has 2 rings (SSSR count). The van der Waals surface area contributed by atoms with Crippen LogP contribution in [0, 0.1) is 6.92 Å². The lowest BCUT2D eigenvalue weighted by Crippen LogP contribution is -2.33. The van der Waals surface area contributed by atoms with Crippen molar-refractivity contribution in [2.24, 2.45) is 0 Å². The van der Waals surface area contributed by atoms with Crippen molar-refractivity contribution in [2.75, 3.05) is 18.1 Å². The fraction of sp³-hybridized carbons (Fsp3) is 0.625. The zero-order valence-corrected chi connectivity index (χ0v) is 13.9. The molecule has 1 saturated carbocycles. The number of amides is 1. The molecule has 1 aromatic heterocycles. The molecular weight excluding hydrogens is 282 g/mol. The zero-order chi connectivity index (χ0) is 15.2. The molecule has 0 bridgehead atoms. The van der Waals surface area contributed by atoms with Crippen LogP contribution in [0.4, 0.5) is 5.69 Å². The van der Waals surface area contributed by atoms with Crippen LogP contribution in [-0.4, -0.2) is 35.0 Å². The standard InChI is InChI=1S/C16H25N3OS/c1-4-7-17-15-8-11(2)18-10-14(15)16(20)19-12-5-6-13(9-12)21-3/h8,10,12-13H,4-7,9H2,1-3H3,(H,17,18)(H,19,20). The SMILES string of the molecule is CCCNc1cc(C)ncc1C(=O)NC1CCC(SC)C1. The first kappa shape index (κ1) is 16.1. The van der Waals surface area contributed by atoms with Gasteiger partial charge < -0.3 is 10.6 Å². The summed E-state index contributed by atoms with van der Waals surface area (Å²) in [6.07, 6.45) is 8.20. The Balaban J connectivity index is 2.04. The van der Waals surface area contributed by atoms with Crippen LogP contribution in [-0.2, 0) is 0 Å². The van der Waals surface area contributed by atoms with E-state index < -0.39 is 0 Å². The van der Waals surface area contributed by atoms with Crippen molar-refractivity contribution in [3.05, 3.63) is 23.5 Å². The lowest BCUT2D eigenvalue weighted by atomic mass is 10.1. The van der Waals surface area contributed by atoms with E-state index in [0.717, 1.165) is 37.2 Å². The number of rotatable bonds is 6. The van der Waals surface area contributed by atoms with Crippen LogP contribution in [0.25, 0.3) is 0 Å². The van der Waals surface area contributed by atoms with E-state index in [1.165, 1.54) is 6.42 Å². The highest BCUT2D eigenvalue weighted by molar-refractivity contribution is 7.99. The Labute approximate surface area is 131 Å². The van der Waals surface area contributed by atoms with E-state index in [2.05, 4.69) is 28.8 Å². The van der Waals surface area contributed by atoms with E-state index in [-0.39, 0.29) is 5.91 Å². The normalized spacial score (nSPS) is 21.3. The molecule has 1 aliphatic carbocycles. The molecule has 0 aliphatic heterocycles. The van der Waals surface area contributed by atoms with Crippen molar-refractivity contribution in [2.45, 2.75) is 50.8 Å². The van der Waals surface area contributed by atoms with E-state index in [9.17, 15) is 4.79 Å². The van der Waals surface area contributed by atoms with E-state index in [1.807, 2.05) is 24.8 Å². The lowest BCUT2D eigenvalue weighted by Gasteiger charge is -2.16. The maximum atomic E-state index is 12.5. The molecule has 0 aromatic carbocycles. The third kappa shape index (κ3) is 4.37. The molecule has 116 valence electrons. The molecule has 4 nitrogen and oxygen atoms in total. The maximum Gasteiger partial charge on any atom is 0.255 e. The second-order valence-corrected chi connectivity index (χ2v) is 6.78. The number of aryl methyl sites for hydroxylation is 1. The van der Waals surface area contributed by atoms with Crippen molar-refractivity contribution in [3.8, 4) is 0 Å². The molecular formula is C16H25N3OS. The highest BCUT2D eigenvalue weighted by Gasteiger charge is 2.26. The number of hydrogen-bond acceptors (Lipinski definition) is 4. The van der Waals surface area contributed by atoms with Crippen molar-refractivity contribution >= 4 is 23.4 Å².